The summed E-state index contributed by atoms with van der Waals surface area (Å²) in [6.07, 6.45) is 12.6. The molecule has 1 rings (SSSR count). The molecule has 0 aromatic heterocycles. The van der Waals surface area contributed by atoms with E-state index in [-0.39, 0.29) is 5.91 Å². The van der Waals surface area contributed by atoms with Crippen molar-refractivity contribution in [1.82, 2.24) is 4.90 Å². The Morgan fingerprint density at radius 3 is 2.25 bits per heavy atom. The van der Waals surface area contributed by atoms with E-state index in [2.05, 4.69) is 0 Å². The molecule has 0 fully saturated rings. The summed E-state index contributed by atoms with van der Waals surface area (Å²) in [6, 6.07) is 0. The quantitative estimate of drug-likeness (QED) is 0.611. The number of hydrogen-bond donors (Lipinski definition) is 0. The molecule has 0 unspecified atom stereocenters. The predicted molar refractivity (Wildman–Crippen MR) is 49.2 cm³/mol. The fourth-order valence-corrected chi connectivity index (χ4v) is 0.972. The van der Waals surface area contributed by atoms with Crippen LogP contribution in [0.2, 0.25) is 0 Å². The minimum Gasteiger partial charge on any atom is -0.295 e. The second kappa shape index (κ2) is 4.54. The van der Waals surface area contributed by atoms with E-state index < -0.39 is 0 Å². The van der Waals surface area contributed by atoms with Gasteiger partial charge >= 0.3 is 0 Å². The van der Waals surface area contributed by atoms with Crippen LogP contribution in [0.5, 0.6) is 0 Å². The Hall–Kier alpha value is -1.31. The molecule has 2 heteroatoms. The minimum absolute atomic E-state index is 0.147. The number of rotatable bonds is 2. The van der Waals surface area contributed by atoms with Gasteiger partial charge in [-0.15, -0.1) is 0 Å². The summed E-state index contributed by atoms with van der Waals surface area (Å²) in [5, 5.41) is 0. The van der Waals surface area contributed by atoms with E-state index in [1.54, 1.807) is 17.3 Å². The number of hydrogen-bond acceptors (Lipinski definition) is 1. The fraction of sp³-hybridized carbons (Fsp3) is 0.300. The standard InChI is InChI=1S/C10H13NO/c1-2-7-10(12)11-8-5-3-4-6-9-11/h3-6,8-9H,2,7H2,1H3. The predicted octanol–water partition coefficient (Wildman–Crippen LogP) is 2.21. The molecular formula is C10H13NO. The number of carbonyl (C=O) groups excluding carboxylic acids is 1. The van der Waals surface area contributed by atoms with Crippen LogP contribution in [0.3, 0.4) is 0 Å². The Labute approximate surface area is 72.9 Å². The molecule has 1 amide bonds. The number of nitrogens with zero attached hydrogens (tertiary/aromatic N) is 1. The third kappa shape index (κ3) is 2.38. The maximum atomic E-state index is 11.3. The zero-order valence-corrected chi connectivity index (χ0v) is 7.23. The monoisotopic (exact) mass is 163 g/mol. The van der Waals surface area contributed by atoms with Crippen LogP contribution in [-0.4, -0.2) is 10.8 Å². The van der Waals surface area contributed by atoms with Crippen molar-refractivity contribution in [2.24, 2.45) is 0 Å². The fourth-order valence-electron chi connectivity index (χ4n) is 0.972. The van der Waals surface area contributed by atoms with E-state index in [1.165, 1.54) is 0 Å². The summed E-state index contributed by atoms with van der Waals surface area (Å²) < 4.78 is 0. The Kier molecular flexibility index (Phi) is 3.33. The zero-order valence-electron chi connectivity index (χ0n) is 7.23. The van der Waals surface area contributed by atoms with Gasteiger partial charge < -0.3 is 0 Å². The summed E-state index contributed by atoms with van der Waals surface area (Å²) in [4.78, 5) is 13.0. The second-order valence-corrected chi connectivity index (χ2v) is 2.62. The lowest BCUT2D eigenvalue weighted by Crippen LogP contribution is -2.18. The summed E-state index contributed by atoms with van der Waals surface area (Å²) in [5.74, 6) is 0.147. The first-order chi connectivity index (χ1) is 5.84. The van der Waals surface area contributed by atoms with Crippen LogP contribution in [0, 0.1) is 0 Å². The van der Waals surface area contributed by atoms with Gasteiger partial charge in [0.05, 0.1) is 0 Å². The molecule has 64 valence electrons. The van der Waals surface area contributed by atoms with Crippen molar-refractivity contribution >= 4 is 5.91 Å². The van der Waals surface area contributed by atoms with E-state index in [0.717, 1.165) is 6.42 Å². The van der Waals surface area contributed by atoms with Crippen LogP contribution in [0.15, 0.2) is 36.7 Å². The normalized spacial score (nSPS) is 14.9. The van der Waals surface area contributed by atoms with Crippen molar-refractivity contribution in [3.8, 4) is 0 Å². The Bertz CT molecular complexity index is 222. The highest BCUT2D eigenvalue weighted by Crippen LogP contribution is 2.02. The molecule has 12 heavy (non-hydrogen) atoms. The molecule has 0 saturated carbocycles. The summed E-state index contributed by atoms with van der Waals surface area (Å²) >= 11 is 0. The largest absolute Gasteiger partial charge is 0.295 e. The SMILES string of the molecule is CCCC(=O)N1C=CC=CC=C1. The number of amides is 1. The number of carbonyl (C=O) groups is 1. The third-order valence-electron chi connectivity index (χ3n) is 1.58. The lowest BCUT2D eigenvalue weighted by atomic mass is 10.3. The summed E-state index contributed by atoms with van der Waals surface area (Å²) in [7, 11) is 0. The van der Waals surface area contributed by atoms with E-state index in [4.69, 9.17) is 0 Å². The Morgan fingerprint density at radius 1 is 1.17 bits per heavy atom. The third-order valence-corrected chi connectivity index (χ3v) is 1.58. The van der Waals surface area contributed by atoms with Gasteiger partial charge in [-0.25, -0.2) is 0 Å². The highest BCUT2D eigenvalue weighted by molar-refractivity contribution is 5.78. The molecule has 0 aromatic carbocycles. The van der Waals surface area contributed by atoms with Crippen LogP contribution in [0.4, 0.5) is 0 Å². The maximum absolute atomic E-state index is 11.3. The van der Waals surface area contributed by atoms with Gasteiger partial charge in [0.1, 0.15) is 0 Å². The van der Waals surface area contributed by atoms with E-state index >= 15 is 0 Å². The van der Waals surface area contributed by atoms with Crippen molar-refractivity contribution in [3.05, 3.63) is 36.7 Å². The van der Waals surface area contributed by atoms with E-state index in [9.17, 15) is 4.79 Å². The Balaban J connectivity index is 2.57. The second-order valence-electron chi connectivity index (χ2n) is 2.62. The zero-order chi connectivity index (χ0) is 8.81. The first-order valence-corrected chi connectivity index (χ1v) is 4.17. The highest BCUT2D eigenvalue weighted by Gasteiger charge is 2.05. The molecule has 0 spiro atoms. The van der Waals surface area contributed by atoms with Gasteiger partial charge in [-0.3, -0.25) is 9.69 Å². The first-order valence-electron chi connectivity index (χ1n) is 4.17. The molecule has 0 bridgehead atoms. The molecule has 1 aliphatic rings. The lowest BCUT2D eigenvalue weighted by Gasteiger charge is -2.11. The topological polar surface area (TPSA) is 20.3 Å². The molecule has 0 atom stereocenters. The van der Waals surface area contributed by atoms with Gasteiger partial charge in [0, 0.05) is 18.8 Å². The molecule has 0 N–H and O–H groups in total. The van der Waals surface area contributed by atoms with Crippen molar-refractivity contribution < 1.29 is 4.79 Å². The first kappa shape index (κ1) is 8.78. The van der Waals surface area contributed by atoms with Crippen LogP contribution in [0.1, 0.15) is 19.8 Å². The highest BCUT2D eigenvalue weighted by atomic mass is 16.2. The molecule has 1 aliphatic heterocycles. The van der Waals surface area contributed by atoms with Gasteiger partial charge in [0.15, 0.2) is 0 Å². The van der Waals surface area contributed by atoms with Crippen molar-refractivity contribution in [2.45, 2.75) is 19.8 Å². The van der Waals surface area contributed by atoms with Crippen LogP contribution in [0.25, 0.3) is 0 Å². The van der Waals surface area contributed by atoms with E-state index in [1.807, 2.05) is 31.2 Å². The molecule has 1 heterocycles. The summed E-state index contributed by atoms with van der Waals surface area (Å²) in [5.41, 5.74) is 0. The van der Waals surface area contributed by atoms with Crippen molar-refractivity contribution in [2.75, 3.05) is 0 Å². The van der Waals surface area contributed by atoms with Crippen LogP contribution < -0.4 is 0 Å². The van der Waals surface area contributed by atoms with Gasteiger partial charge in [-0.2, -0.15) is 0 Å². The van der Waals surface area contributed by atoms with Crippen LogP contribution in [-0.2, 0) is 4.79 Å². The molecule has 0 saturated heterocycles. The molecule has 0 radical (unpaired) electrons. The average Bonchev–Trinajstić information content (AvgIpc) is 2.32. The average molecular weight is 163 g/mol. The smallest absolute Gasteiger partial charge is 0.230 e. The number of allylic oxidation sites excluding steroid dienone is 4. The maximum Gasteiger partial charge on any atom is 0.230 e. The van der Waals surface area contributed by atoms with Gasteiger partial charge in [0.2, 0.25) is 5.91 Å². The van der Waals surface area contributed by atoms with Gasteiger partial charge in [0.25, 0.3) is 0 Å². The molecule has 0 aliphatic carbocycles. The van der Waals surface area contributed by atoms with Gasteiger partial charge in [-0.05, 0) is 18.6 Å². The minimum atomic E-state index is 0.147. The lowest BCUT2D eigenvalue weighted by molar-refractivity contribution is -0.126. The van der Waals surface area contributed by atoms with Crippen molar-refractivity contribution in [3.63, 3.8) is 0 Å². The van der Waals surface area contributed by atoms with Gasteiger partial charge in [-0.1, -0.05) is 19.1 Å². The summed E-state index contributed by atoms with van der Waals surface area (Å²) in [6.45, 7) is 2.00. The molecule has 2 nitrogen and oxygen atoms in total. The van der Waals surface area contributed by atoms with E-state index in [0.29, 0.717) is 6.42 Å². The molecular weight excluding hydrogens is 150 g/mol. The van der Waals surface area contributed by atoms with Crippen LogP contribution >= 0.6 is 0 Å². The molecule has 0 aromatic rings. The van der Waals surface area contributed by atoms with Crippen molar-refractivity contribution in [1.29, 1.82) is 0 Å². The Morgan fingerprint density at radius 2 is 1.75 bits per heavy atom.